The van der Waals surface area contributed by atoms with E-state index in [4.69, 9.17) is 0 Å². The predicted octanol–water partition coefficient (Wildman–Crippen LogP) is 1.22. The van der Waals surface area contributed by atoms with Gasteiger partial charge in [0.05, 0.1) is 11.3 Å². The van der Waals surface area contributed by atoms with Crippen molar-refractivity contribution in [2.45, 2.75) is 19.5 Å². The quantitative estimate of drug-likeness (QED) is 0.730. The number of nitrogens with one attached hydrogen (secondary N) is 2. The highest BCUT2D eigenvalue weighted by Crippen LogP contribution is 2.19. The molecule has 0 bridgehead atoms. The summed E-state index contributed by atoms with van der Waals surface area (Å²) < 4.78 is 0. The molecule has 0 radical (unpaired) electrons. The number of H-pyrrole nitrogens is 1. The van der Waals surface area contributed by atoms with Gasteiger partial charge >= 0.3 is 0 Å². The summed E-state index contributed by atoms with van der Waals surface area (Å²) in [7, 11) is 1.79. The summed E-state index contributed by atoms with van der Waals surface area (Å²) in [4.78, 5) is 34.9. The van der Waals surface area contributed by atoms with Crippen molar-refractivity contribution in [3.05, 3.63) is 64.1 Å². The molecule has 26 heavy (non-hydrogen) atoms. The van der Waals surface area contributed by atoms with Crippen LogP contribution in [0.15, 0.2) is 41.7 Å². The molecule has 0 aromatic carbocycles. The highest BCUT2D eigenvalue weighted by Gasteiger charge is 2.21. The molecule has 0 aliphatic carbocycles. The van der Waals surface area contributed by atoms with Crippen LogP contribution in [-0.4, -0.2) is 43.4 Å². The fourth-order valence-corrected chi connectivity index (χ4v) is 3.08. The molecule has 132 valence electrons. The number of aromatic amines is 1. The van der Waals surface area contributed by atoms with Crippen molar-refractivity contribution in [1.82, 2.24) is 29.8 Å². The smallest absolute Gasteiger partial charge is 0.255 e. The minimum atomic E-state index is -0.0830. The predicted molar refractivity (Wildman–Crippen MR) is 97.5 cm³/mol. The highest BCUT2D eigenvalue weighted by atomic mass is 16.1. The first-order chi connectivity index (χ1) is 12.7. The number of hydrogen-bond acceptors (Lipinski definition) is 7. The molecule has 0 amide bonds. The summed E-state index contributed by atoms with van der Waals surface area (Å²) in [6.07, 6.45) is 7.76. The van der Waals surface area contributed by atoms with Crippen molar-refractivity contribution in [3.8, 4) is 11.4 Å². The molecule has 4 rings (SSSR count). The van der Waals surface area contributed by atoms with E-state index in [-0.39, 0.29) is 5.56 Å². The largest absolute Gasteiger partial charge is 0.357 e. The maximum absolute atomic E-state index is 12.6. The zero-order valence-corrected chi connectivity index (χ0v) is 14.4. The van der Waals surface area contributed by atoms with Gasteiger partial charge in [0, 0.05) is 69.0 Å². The number of rotatable bonds is 4. The number of hydrogen-bond donors (Lipinski definition) is 2. The molecule has 3 aromatic heterocycles. The molecule has 0 unspecified atom stereocenters. The Labute approximate surface area is 150 Å². The first-order valence-corrected chi connectivity index (χ1v) is 8.46. The SMILES string of the molecule is CNc1ncc(CN2CCc3nc(-c4cccnc4)[nH]c(=O)c3C2)cn1. The summed E-state index contributed by atoms with van der Waals surface area (Å²) >= 11 is 0. The van der Waals surface area contributed by atoms with Gasteiger partial charge in [-0.15, -0.1) is 0 Å². The van der Waals surface area contributed by atoms with Crippen molar-refractivity contribution in [1.29, 1.82) is 0 Å². The van der Waals surface area contributed by atoms with Crippen LogP contribution in [0.3, 0.4) is 0 Å². The Morgan fingerprint density at radius 2 is 2.12 bits per heavy atom. The van der Waals surface area contributed by atoms with Gasteiger partial charge in [0.25, 0.3) is 5.56 Å². The van der Waals surface area contributed by atoms with Gasteiger partial charge in [-0.3, -0.25) is 14.7 Å². The first kappa shape index (κ1) is 16.3. The van der Waals surface area contributed by atoms with Gasteiger partial charge in [-0.25, -0.2) is 15.0 Å². The zero-order valence-electron chi connectivity index (χ0n) is 14.4. The van der Waals surface area contributed by atoms with Crippen LogP contribution in [0.5, 0.6) is 0 Å². The Morgan fingerprint density at radius 3 is 2.85 bits per heavy atom. The van der Waals surface area contributed by atoms with Gasteiger partial charge in [-0.2, -0.15) is 0 Å². The number of nitrogens with zero attached hydrogens (tertiary/aromatic N) is 5. The third kappa shape index (κ3) is 3.31. The van der Waals surface area contributed by atoms with Crippen molar-refractivity contribution in [3.63, 3.8) is 0 Å². The minimum Gasteiger partial charge on any atom is -0.357 e. The first-order valence-electron chi connectivity index (χ1n) is 8.46. The zero-order chi connectivity index (χ0) is 17.9. The third-order valence-corrected chi connectivity index (χ3v) is 4.42. The van der Waals surface area contributed by atoms with E-state index >= 15 is 0 Å². The maximum atomic E-state index is 12.6. The number of pyridine rings is 1. The van der Waals surface area contributed by atoms with E-state index < -0.39 is 0 Å². The van der Waals surface area contributed by atoms with Crippen LogP contribution in [0.4, 0.5) is 5.95 Å². The van der Waals surface area contributed by atoms with E-state index in [2.05, 4.69) is 35.1 Å². The summed E-state index contributed by atoms with van der Waals surface area (Å²) in [5.74, 6) is 1.17. The lowest BCUT2D eigenvalue weighted by Crippen LogP contribution is -2.35. The lowest BCUT2D eigenvalue weighted by Gasteiger charge is -2.27. The van der Waals surface area contributed by atoms with Gasteiger partial charge in [-0.1, -0.05) is 0 Å². The number of fused-ring (bicyclic) bond motifs is 1. The summed E-state index contributed by atoms with van der Waals surface area (Å²) in [6.45, 7) is 2.11. The fourth-order valence-electron chi connectivity index (χ4n) is 3.08. The van der Waals surface area contributed by atoms with Crippen LogP contribution >= 0.6 is 0 Å². The lowest BCUT2D eigenvalue weighted by molar-refractivity contribution is 0.241. The Balaban J connectivity index is 1.54. The van der Waals surface area contributed by atoms with Crippen LogP contribution in [0.2, 0.25) is 0 Å². The van der Waals surface area contributed by atoms with Gasteiger partial charge < -0.3 is 10.3 Å². The van der Waals surface area contributed by atoms with E-state index in [9.17, 15) is 4.79 Å². The Kier molecular flexibility index (Phi) is 4.40. The van der Waals surface area contributed by atoms with Gasteiger partial charge in [0.1, 0.15) is 5.82 Å². The van der Waals surface area contributed by atoms with E-state index in [0.29, 0.717) is 24.9 Å². The standard InChI is InChI=1S/C18H19N7O/c1-19-18-21-7-12(8-22-18)10-25-6-4-15-14(11-25)17(26)24-16(23-15)13-3-2-5-20-9-13/h2-3,5,7-9H,4,6,10-11H2,1H3,(H,19,21,22)(H,23,24,26). The minimum absolute atomic E-state index is 0.0830. The molecule has 3 aromatic rings. The number of aromatic nitrogens is 5. The van der Waals surface area contributed by atoms with E-state index in [1.165, 1.54) is 0 Å². The second-order valence-corrected chi connectivity index (χ2v) is 6.21. The van der Waals surface area contributed by atoms with Crippen LogP contribution in [-0.2, 0) is 19.5 Å². The lowest BCUT2D eigenvalue weighted by atomic mass is 10.1. The van der Waals surface area contributed by atoms with Crippen molar-refractivity contribution >= 4 is 5.95 Å². The third-order valence-electron chi connectivity index (χ3n) is 4.42. The van der Waals surface area contributed by atoms with Crippen molar-refractivity contribution in [2.24, 2.45) is 0 Å². The second kappa shape index (κ2) is 7.01. The molecule has 2 N–H and O–H groups in total. The van der Waals surface area contributed by atoms with E-state index in [1.807, 2.05) is 24.5 Å². The van der Waals surface area contributed by atoms with Crippen molar-refractivity contribution in [2.75, 3.05) is 18.9 Å². The van der Waals surface area contributed by atoms with E-state index in [1.54, 1.807) is 19.4 Å². The monoisotopic (exact) mass is 349 g/mol. The molecular formula is C18H19N7O. The Bertz CT molecular complexity index is 954. The Morgan fingerprint density at radius 1 is 1.27 bits per heavy atom. The van der Waals surface area contributed by atoms with Gasteiger partial charge in [-0.05, 0) is 12.1 Å². The molecular weight excluding hydrogens is 330 g/mol. The molecule has 0 fully saturated rings. The Hall–Kier alpha value is -3.13. The fraction of sp³-hybridized carbons (Fsp3) is 0.278. The molecule has 8 heteroatoms. The summed E-state index contributed by atoms with van der Waals surface area (Å²) in [5, 5.41) is 2.90. The molecule has 0 saturated carbocycles. The average Bonchev–Trinajstić information content (AvgIpc) is 2.69. The molecule has 8 nitrogen and oxygen atoms in total. The van der Waals surface area contributed by atoms with Crippen LogP contribution in [0.25, 0.3) is 11.4 Å². The summed E-state index contributed by atoms with van der Waals surface area (Å²) in [6, 6.07) is 3.72. The highest BCUT2D eigenvalue weighted by molar-refractivity contribution is 5.53. The van der Waals surface area contributed by atoms with Gasteiger partial charge in [0.2, 0.25) is 5.95 Å². The summed E-state index contributed by atoms with van der Waals surface area (Å²) in [5.41, 5.74) is 3.35. The maximum Gasteiger partial charge on any atom is 0.255 e. The normalized spacial score (nSPS) is 14.0. The van der Waals surface area contributed by atoms with Crippen LogP contribution < -0.4 is 10.9 Å². The van der Waals surface area contributed by atoms with Crippen molar-refractivity contribution < 1.29 is 0 Å². The van der Waals surface area contributed by atoms with Gasteiger partial charge in [0.15, 0.2) is 0 Å². The molecule has 1 aliphatic heterocycles. The molecule has 1 aliphatic rings. The number of anilines is 1. The molecule has 0 atom stereocenters. The molecule has 0 spiro atoms. The average molecular weight is 349 g/mol. The molecule has 0 saturated heterocycles. The molecule has 4 heterocycles. The van der Waals surface area contributed by atoms with Crippen LogP contribution in [0.1, 0.15) is 16.8 Å². The topological polar surface area (TPSA) is 99.7 Å². The van der Waals surface area contributed by atoms with Crippen LogP contribution in [0, 0.1) is 0 Å². The van der Waals surface area contributed by atoms with E-state index in [0.717, 1.165) is 35.3 Å². The second-order valence-electron chi connectivity index (χ2n) is 6.21.